The predicted molar refractivity (Wildman–Crippen MR) is 269 cm³/mol. The molecule has 79 heavy (non-hydrogen) atoms. The van der Waals surface area contributed by atoms with E-state index >= 15 is 0 Å². The van der Waals surface area contributed by atoms with E-state index in [4.69, 9.17) is 20.5 Å². The van der Waals surface area contributed by atoms with Crippen LogP contribution in [0.5, 0.6) is 28.7 Å². The molecular weight excluding hydrogens is 1140 g/mol. The third-order valence-electron chi connectivity index (χ3n) is 10.7. The molecule has 0 atom stereocenters. The second-order valence-corrected chi connectivity index (χ2v) is 21.4. The number of nitrogen functional groups attached to an aromatic ring is 1. The van der Waals surface area contributed by atoms with Gasteiger partial charge in [0.25, 0.3) is 52.6 Å². The smallest absolute Gasteiger partial charge is 0.298 e. The minimum absolute atomic E-state index is 0.0227. The van der Waals surface area contributed by atoms with Crippen LogP contribution in [0.4, 0.5) is 56.9 Å². The van der Waals surface area contributed by atoms with Crippen LogP contribution in [0.25, 0.3) is 21.5 Å². The first kappa shape index (κ1) is 57.6. The fraction of sp³-hybridized carbons (Fsp3) is 0.0930. The summed E-state index contributed by atoms with van der Waals surface area (Å²) in [6.45, 7) is 3.27. The van der Waals surface area contributed by atoms with Gasteiger partial charge in [0, 0.05) is 34.4 Å². The number of phenols is 2. The first-order valence-electron chi connectivity index (χ1n) is 21.3. The van der Waals surface area contributed by atoms with E-state index in [-0.39, 0.29) is 47.1 Å². The number of nitrogens with zero attached hydrogens (tertiary/aromatic N) is 9. The second-order valence-electron chi connectivity index (χ2n) is 15.8. The van der Waals surface area contributed by atoms with E-state index in [0.717, 1.165) is 60.7 Å². The summed E-state index contributed by atoms with van der Waals surface area (Å²) in [6, 6.07) is 13.1. The molecule has 0 amide bonds. The monoisotopic (exact) mass is 1170 g/mol. The van der Waals surface area contributed by atoms with Gasteiger partial charge >= 0.3 is 0 Å². The number of benzene rings is 7. The highest BCUT2D eigenvalue weighted by molar-refractivity contribution is 7.87. The van der Waals surface area contributed by atoms with Crippen molar-refractivity contribution in [1.29, 1.82) is 0 Å². The van der Waals surface area contributed by atoms with Crippen LogP contribution in [0.3, 0.4) is 0 Å². The van der Waals surface area contributed by atoms with Crippen molar-refractivity contribution >= 4 is 125 Å². The molecule has 0 radical (unpaired) electrons. The minimum Gasteiger partial charge on any atom is -0.505 e. The van der Waals surface area contributed by atoms with E-state index in [0.29, 0.717) is 18.6 Å². The standard InChI is InChI=1S/C43H34N10O22S4/c1-3-12-72-34-17-30(49-45-26-9-5-22(76(60,61)62)15-33(26)73-19-54)20(2)13-31(34)50-52-40-37(78(66,67)68)16-25-23(41(40)55)6-11-29(43(25)79(69,70)71)48-51-32-18-36(77(63,64)65)24-7-10-28(42(56)38(24)39(32)44)47-46-27-8-4-21(53(57)58)14-35(27)74-75-59/h4-11,13-19,55-56,59H,3,12,44H2,1-2H3,(H,60,61,62)(H,63,64,65)(H,66,67,68)(H,69,70,71). The van der Waals surface area contributed by atoms with Crippen molar-refractivity contribution in [2.45, 2.75) is 39.9 Å². The Morgan fingerprint density at radius 3 is 1.80 bits per heavy atom. The lowest BCUT2D eigenvalue weighted by atomic mass is 10.1. The third kappa shape index (κ3) is 12.5. The largest absolute Gasteiger partial charge is 0.505 e. The summed E-state index contributed by atoms with van der Waals surface area (Å²) in [5, 5.41) is 75.3. The lowest BCUT2D eigenvalue weighted by Gasteiger charge is -2.14. The molecule has 36 heteroatoms. The molecule has 0 saturated heterocycles. The van der Waals surface area contributed by atoms with Gasteiger partial charge in [0.2, 0.25) is 5.75 Å². The highest BCUT2D eigenvalue weighted by Gasteiger charge is 2.29. The molecule has 0 aliphatic heterocycles. The Hall–Kier alpha value is -9.11. The number of hydrogen-bond donors (Lipinski definition) is 8. The number of non-ortho nitro benzene ring substituents is 1. The zero-order chi connectivity index (χ0) is 57.9. The molecule has 0 unspecified atom stereocenters. The number of fused-ring (bicyclic) bond motifs is 2. The highest BCUT2D eigenvalue weighted by Crippen LogP contribution is 2.49. The average molecular weight is 1170 g/mol. The van der Waals surface area contributed by atoms with E-state index in [1.165, 1.54) is 19.1 Å². The van der Waals surface area contributed by atoms with Crippen LogP contribution in [0.2, 0.25) is 0 Å². The van der Waals surface area contributed by atoms with E-state index in [2.05, 4.69) is 50.8 Å². The predicted octanol–water partition coefficient (Wildman–Crippen LogP) is 9.96. The van der Waals surface area contributed by atoms with Crippen LogP contribution >= 0.6 is 0 Å². The van der Waals surface area contributed by atoms with Gasteiger partial charge in [-0.1, -0.05) is 13.0 Å². The van der Waals surface area contributed by atoms with Crippen molar-refractivity contribution in [3.63, 3.8) is 0 Å². The van der Waals surface area contributed by atoms with Crippen LogP contribution in [0.1, 0.15) is 18.9 Å². The van der Waals surface area contributed by atoms with Gasteiger partial charge in [-0.15, -0.1) is 35.8 Å². The summed E-state index contributed by atoms with van der Waals surface area (Å²) in [5.74, 6) is -3.08. The van der Waals surface area contributed by atoms with Gasteiger partial charge in [0.05, 0.1) is 39.3 Å². The summed E-state index contributed by atoms with van der Waals surface area (Å²) in [6.07, 6.45) is 0.431. The van der Waals surface area contributed by atoms with E-state index in [1.807, 2.05) is 0 Å². The Morgan fingerprint density at radius 1 is 0.595 bits per heavy atom. The van der Waals surface area contributed by atoms with Crippen LogP contribution < -0.4 is 20.1 Å². The molecule has 7 aromatic carbocycles. The van der Waals surface area contributed by atoms with E-state index < -0.39 is 144 Å². The number of ether oxygens (including phenoxy) is 2. The van der Waals surface area contributed by atoms with Gasteiger partial charge in [-0.25, -0.2) is 5.26 Å². The van der Waals surface area contributed by atoms with Crippen molar-refractivity contribution < 1.29 is 96.5 Å². The lowest BCUT2D eigenvalue weighted by molar-refractivity contribution is -0.439. The summed E-state index contributed by atoms with van der Waals surface area (Å²) in [4.78, 5) is 21.9. The highest BCUT2D eigenvalue weighted by atomic mass is 32.2. The number of nitrogens with two attached hydrogens (primary N) is 1. The van der Waals surface area contributed by atoms with Crippen molar-refractivity contribution in [3.05, 3.63) is 101 Å². The van der Waals surface area contributed by atoms with Gasteiger partial charge in [0.15, 0.2) is 17.2 Å². The Morgan fingerprint density at radius 2 is 1.18 bits per heavy atom. The summed E-state index contributed by atoms with van der Waals surface area (Å²) in [7, 11) is -21.0. The Labute approximate surface area is 442 Å². The lowest BCUT2D eigenvalue weighted by Crippen LogP contribution is -2.03. The number of nitro benzene ring substituents is 1. The van der Waals surface area contributed by atoms with Crippen LogP contribution in [-0.4, -0.2) is 85.4 Å². The Kier molecular flexibility index (Phi) is 16.4. The number of aryl methyl sites for hydroxylation is 1. The third-order valence-corrected chi connectivity index (χ3v) is 14.2. The first-order chi connectivity index (χ1) is 37.1. The number of carbonyl (C=O) groups is 1. The normalized spacial score (nSPS) is 12.6. The summed E-state index contributed by atoms with van der Waals surface area (Å²) in [5.41, 5.74) is 1.88. The van der Waals surface area contributed by atoms with Gasteiger partial charge < -0.3 is 30.3 Å². The van der Waals surface area contributed by atoms with Crippen molar-refractivity contribution in [2.75, 3.05) is 12.3 Å². The van der Waals surface area contributed by atoms with Crippen LogP contribution in [-0.2, 0) is 50.3 Å². The zero-order valence-corrected chi connectivity index (χ0v) is 42.8. The average Bonchev–Trinajstić information content (AvgIpc) is 3.46. The molecule has 0 aromatic heterocycles. The van der Waals surface area contributed by atoms with Gasteiger partial charge in [0.1, 0.15) is 60.2 Å². The number of carbonyl (C=O) groups excluding carboxylic acids is 1. The molecule has 9 N–H and O–H groups in total. The van der Waals surface area contributed by atoms with Gasteiger partial charge in [-0.2, -0.15) is 38.8 Å². The number of hydrogen-bond acceptors (Lipinski definition) is 27. The summed E-state index contributed by atoms with van der Waals surface area (Å²) >= 11 is 0. The van der Waals surface area contributed by atoms with Crippen molar-refractivity contribution in [1.82, 2.24) is 0 Å². The van der Waals surface area contributed by atoms with Crippen molar-refractivity contribution in [2.24, 2.45) is 40.9 Å². The summed E-state index contributed by atoms with van der Waals surface area (Å²) < 4.78 is 152. The molecule has 0 bridgehead atoms. The maximum atomic E-state index is 13.1. The second kappa shape index (κ2) is 22.5. The van der Waals surface area contributed by atoms with Crippen molar-refractivity contribution in [3.8, 4) is 28.7 Å². The molecule has 7 aromatic rings. The molecular formula is C43H34N10O22S4. The SMILES string of the molecule is CCCOc1cc(N=Nc2ccc(S(=O)(=O)O)cc2OC=O)c(C)cc1N=Nc1c(S(=O)(=O)O)cc2c(S(=O)(=O)O)c(N=Nc3cc(S(=O)(=O)O)c4ccc(N=Nc5ccc([N+](=O)[O-])cc5OOO)c(O)c4c3N)ccc2c1O. The number of anilines is 1. The molecule has 0 spiro atoms. The maximum absolute atomic E-state index is 13.1. The Balaban J connectivity index is 1.32. The van der Waals surface area contributed by atoms with E-state index in [9.17, 15) is 77.0 Å². The first-order valence-corrected chi connectivity index (χ1v) is 27.1. The van der Waals surface area contributed by atoms with Gasteiger partial charge in [-0.05, 0) is 78.5 Å². The molecule has 0 aliphatic rings. The van der Waals surface area contributed by atoms with Crippen LogP contribution in [0, 0.1) is 17.0 Å². The maximum Gasteiger partial charge on any atom is 0.298 e. The number of nitro groups is 1. The fourth-order valence-corrected chi connectivity index (χ4v) is 9.83. The quantitative estimate of drug-likeness (QED) is 0.00669. The Bertz CT molecular complexity index is 4290. The number of phenolic OH excluding ortho intramolecular Hbond substituents is 2. The van der Waals surface area contributed by atoms with Crippen LogP contribution in [0.15, 0.2) is 145 Å². The molecule has 32 nitrogen and oxygen atoms in total. The molecule has 412 valence electrons. The molecule has 0 fully saturated rings. The molecule has 7 rings (SSSR count). The molecule has 0 saturated carbocycles. The number of azo groups is 4. The fourth-order valence-electron chi connectivity index (χ4n) is 7.16. The minimum atomic E-state index is -5.58. The topological polar surface area (TPSA) is 500 Å². The number of aromatic hydroxyl groups is 2. The molecule has 0 aliphatic carbocycles. The number of rotatable bonds is 20. The van der Waals surface area contributed by atoms with Gasteiger partial charge in [-0.3, -0.25) is 33.1 Å². The molecule has 0 heterocycles. The van der Waals surface area contributed by atoms with E-state index in [1.54, 1.807) is 6.92 Å². The zero-order valence-electron chi connectivity index (χ0n) is 39.6.